The van der Waals surface area contributed by atoms with Crippen LogP contribution in [0.1, 0.15) is 54.4 Å². The number of para-hydroxylation sites is 1. The van der Waals surface area contributed by atoms with Crippen molar-refractivity contribution in [1.29, 1.82) is 0 Å². The van der Waals surface area contributed by atoms with Crippen LogP contribution in [0.5, 0.6) is 11.5 Å². The average Bonchev–Trinajstić information content (AvgIpc) is 3.47. The molecule has 6 rings (SSSR count). The van der Waals surface area contributed by atoms with Crippen molar-refractivity contribution in [2.75, 3.05) is 18.7 Å². The lowest BCUT2D eigenvalue weighted by atomic mass is 9.69. The van der Waals surface area contributed by atoms with Gasteiger partial charge in [-0.1, -0.05) is 56.6 Å². The van der Waals surface area contributed by atoms with Crippen LogP contribution in [0.25, 0.3) is 22.6 Å². The van der Waals surface area contributed by atoms with Crippen molar-refractivity contribution in [3.8, 4) is 11.5 Å². The molecule has 1 aromatic heterocycles. The molecule has 4 aromatic rings. The van der Waals surface area contributed by atoms with Gasteiger partial charge in [0.1, 0.15) is 0 Å². The Balaban J connectivity index is 1.36. The third-order valence-electron chi connectivity index (χ3n) is 8.15. The molecule has 1 N–H and O–H groups in total. The first-order chi connectivity index (χ1) is 21.5. The molecule has 2 aliphatic rings. The number of hydrogen-bond donors (Lipinski definition) is 1. The van der Waals surface area contributed by atoms with Gasteiger partial charge in [-0.25, -0.2) is 9.78 Å². The van der Waals surface area contributed by atoms with Crippen LogP contribution in [-0.2, 0) is 16.0 Å². The van der Waals surface area contributed by atoms with E-state index in [4.69, 9.17) is 30.8 Å². The van der Waals surface area contributed by atoms with Gasteiger partial charge in [-0.05, 0) is 71.2 Å². The number of halogens is 1. The summed E-state index contributed by atoms with van der Waals surface area (Å²) in [6, 6.07) is 16.8. The minimum Gasteiger partial charge on any atom is -0.454 e. The van der Waals surface area contributed by atoms with Crippen LogP contribution in [0.15, 0.2) is 60.7 Å². The van der Waals surface area contributed by atoms with E-state index in [-0.39, 0.29) is 34.5 Å². The lowest BCUT2D eigenvalue weighted by Gasteiger charge is -2.36. The molecule has 3 aromatic carbocycles. The molecule has 1 unspecified atom stereocenters. The first-order valence-corrected chi connectivity index (χ1v) is 14.8. The molecule has 230 valence electrons. The number of hydrogen-bond acceptors (Lipinski definition) is 8. The maximum Gasteiger partial charge on any atom is 0.339 e. The fourth-order valence-electron chi connectivity index (χ4n) is 5.69. The topological polar surface area (TPSA) is 130 Å². The van der Waals surface area contributed by atoms with E-state index in [1.165, 1.54) is 12.1 Å². The predicted octanol–water partition coefficient (Wildman–Crippen LogP) is 7.47. The zero-order valence-corrected chi connectivity index (χ0v) is 25.6. The highest BCUT2D eigenvalue weighted by atomic mass is 35.5. The molecule has 1 aliphatic carbocycles. The number of fused-ring (bicyclic) bond motifs is 3. The van der Waals surface area contributed by atoms with Gasteiger partial charge in [0.05, 0.1) is 32.4 Å². The summed E-state index contributed by atoms with van der Waals surface area (Å²) in [6.07, 6.45) is 3.41. The number of non-ortho nitro benzene ring substituents is 1. The van der Waals surface area contributed by atoms with Crippen LogP contribution >= 0.6 is 11.6 Å². The van der Waals surface area contributed by atoms with E-state index in [1.807, 2.05) is 42.5 Å². The number of anilines is 1. The maximum atomic E-state index is 13.9. The molecule has 2 heterocycles. The second-order valence-electron chi connectivity index (χ2n) is 12.1. The second kappa shape index (κ2) is 11.9. The minimum atomic E-state index is -0.686. The first kappa shape index (κ1) is 30.1. The number of nitro benzene ring substituents is 1. The van der Waals surface area contributed by atoms with Gasteiger partial charge in [-0.15, -0.1) is 0 Å². The molecular formula is C34H30ClN3O7. The van der Waals surface area contributed by atoms with Crippen molar-refractivity contribution in [2.24, 2.45) is 11.3 Å². The molecule has 0 bridgehead atoms. The van der Waals surface area contributed by atoms with Crippen LogP contribution in [-0.4, -0.2) is 35.2 Å². The van der Waals surface area contributed by atoms with Crippen LogP contribution in [0, 0.1) is 21.4 Å². The molecule has 0 fully saturated rings. The van der Waals surface area contributed by atoms with Crippen LogP contribution in [0.4, 0.5) is 11.4 Å². The number of nitrogens with one attached hydrogen (secondary N) is 1. The lowest BCUT2D eigenvalue weighted by molar-refractivity contribution is -0.384. The number of aromatic nitrogens is 1. The normalized spacial score (nSPS) is 16.4. The van der Waals surface area contributed by atoms with E-state index in [2.05, 4.69) is 32.2 Å². The molecule has 0 saturated heterocycles. The Morgan fingerprint density at radius 1 is 1.09 bits per heavy atom. The van der Waals surface area contributed by atoms with Crippen LogP contribution in [0.3, 0.4) is 0 Å². The van der Waals surface area contributed by atoms with Crippen molar-refractivity contribution in [1.82, 2.24) is 4.98 Å². The average molecular weight is 628 g/mol. The summed E-state index contributed by atoms with van der Waals surface area (Å²) < 4.78 is 16.6. The Kier molecular flexibility index (Phi) is 7.92. The van der Waals surface area contributed by atoms with Gasteiger partial charge in [-0.2, -0.15) is 0 Å². The van der Waals surface area contributed by atoms with Gasteiger partial charge in [0.25, 0.3) is 11.6 Å². The summed E-state index contributed by atoms with van der Waals surface area (Å²) in [5.74, 6) is 0.197. The van der Waals surface area contributed by atoms with Gasteiger partial charge in [0.2, 0.25) is 6.79 Å². The fraction of sp³-hybridized carbons (Fsp3) is 0.265. The molecule has 11 heteroatoms. The highest BCUT2D eigenvalue weighted by molar-refractivity contribution is 6.33. The number of amides is 1. The molecule has 1 amide bonds. The van der Waals surface area contributed by atoms with Crippen molar-refractivity contribution in [3.63, 3.8) is 0 Å². The van der Waals surface area contributed by atoms with Gasteiger partial charge >= 0.3 is 5.97 Å². The predicted molar refractivity (Wildman–Crippen MR) is 170 cm³/mol. The van der Waals surface area contributed by atoms with Crippen LogP contribution < -0.4 is 14.8 Å². The summed E-state index contributed by atoms with van der Waals surface area (Å²) >= 11 is 6.13. The number of nitrogens with zero attached hydrogens (tertiary/aromatic N) is 2. The van der Waals surface area contributed by atoms with Crippen LogP contribution in [0.2, 0.25) is 5.02 Å². The highest BCUT2D eigenvalue weighted by Gasteiger charge is 2.35. The first-order valence-electron chi connectivity index (χ1n) is 14.4. The van der Waals surface area contributed by atoms with Gasteiger partial charge in [-0.3, -0.25) is 14.9 Å². The SMILES string of the molecule is CC(C)(C)C1C/C(=C/c2ccc3c(c2)OCO3)c2nc3ccccc3c(C(=O)OCC(=O)Nc3cc([N+](=O)[O-])ccc3Cl)c2C1. The molecule has 10 nitrogen and oxygen atoms in total. The van der Waals surface area contributed by atoms with E-state index in [0.29, 0.717) is 40.1 Å². The molecule has 1 aliphatic heterocycles. The van der Waals surface area contributed by atoms with E-state index >= 15 is 0 Å². The smallest absolute Gasteiger partial charge is 0.339 e. The summed E-state index contributed by atoms with van der Waals surface area (Å²) in [5, 5.41) is 14.4. The highest BCUT2D eigenvalue weighted by Crippen LogP contribution is 2.45. The molecule has 1 atom stereocenters. The zero-order valence-electron chi connectivity index (χ0n) is 24.9. The van der Waals surface area contributed by atoms with Crippen molar-refractivity contribution >= 4 is 57.4 Å². The van der Waals surface area contributed by atoms with Gasteiger partial charge in [0, 0.05) is 17.5 Å². The molecule has 0 spiro atoms. The number of ether oxygens (including phenoxy) is 3. The monoisotopic (exact) mass is 627 g/mol. The largest absolute Gasteiger partial charge is 0.454 e. The lowest BCUT2D eigenvalue weighted by Crippen LogP contribution is -2.29. The number of carbonyl (C=O) groups excluding carboxylic acids is 2. The number of esters is 1. The Bertz CT molecular complexity index is 1900. The Morgan fingerprint density at radius 3 is 2.64 bits per heavy atom. The summed E-state index contributed by atoms with van der Waals surface area (Å²) in [5.41, 5.74) is 4.09. The number of carbonyl (C=O) groups is 2. The van der Waals surface area contributed by atoms with Crippen molar-refractivity contribution in [3.05, 3.63) is 98.2 Å². The third kappa shape index (κ3) is 6.19. The summed E-state index contributed by atoms with van der Waals surface area (Å²) in [4.78, 5) is 42.2. The minimum absolute atomic E-state index is 0.0463. The summed E-state index contributed by atoms with van der Waals surface area (Å²) in [6.45, 7) is 6.09. The molecular weight excluding hydrogens is 598 g/mol. The maximum absolute atomic E-state index is 13.9. The number of rotatable bonds is 6. The second-order valence-corrected chi connectivity index (χ2v) is 12.5. The Morgan fingerprint density at radius 2 is 1.87 bits per heavy atom. The number of nitro groups is 1. The van der Waals surface area contributed by atoms with Gasteiger partial charge in [0.15, 0.2) is 18.1 Å². The van der Waals surface area contributed by atoms with E-state index in [1.54, 1.807) is 0 Å². The molecule has 0 saturated carbocycles. The number of benzene rings is 3. The summed E-state index contributed by atoms with van der Waals surface area (Å²) in [7, 11) is 0. The van der Waals surface area contributed by atoms with E-state index < -0.39 is 23.4 Å². The molecule has 45 heavy (non-hydrogen) atoms. The third-order valence-corrected chi connectivity index (χ3v) is 8.48. The number of allylic oxidation sites excluding steroid dienone is 1. The fourth-order valence-corrected chi connectivity index (χ4v) is 5.85. The van der Waals surface area contributed by atoms with E-state index in [9.17, 15) is 19.7 Å². The standard InChI is InChI=1S/C34H30ClN3O7/c1-34(2,3)21-14-20(12-19-8-11-28-29(13-19)45-18-44-28)32-24(15-21)31(23-6-4-5-7-26(23)37-32)33(40)43-17-30(39)36-27-16-22(38(41)42)9-10-25(27)35/h4-13,16,21H,14-15,17-18H2,1-3H3,(H,36,39)/b20-12-. The van der Waals surface area contributed by atoms with Crippen molar-refractivity contribution < 1.29 is 28.7 Å². The molecule has 0 radical (unpaired) electrons. The zero-order chi connectivity index (χ0) is 31.9. The van der Waals surface area contributed by atoms with Crippen molar-refractivity contribution in [2.45, 2.75) is 33.6 Å². The van der Waals surface area contributed by atoms with Gasteiger partial charge < -0.3 is 19.5 Å². The quantitative estimate of drug-likeness (QED) is 0.132. The Hall–Kier alpha value is -4.96. The Labute approximate surface area is 264 Å². The van der Waals surface area contributed by atoms with E-state index in [0.717, 1.165) is 29.2 Å². The number of pyridine rings is 1.